The molecule has 10 heteroatoms. The first kappa shape index (κ1) is 17.8. The molecule has 1 saturated heterocycles. The fraction of sp³-hybridized carbons (Fsp3) is 0.438. The van der Waals surface area contributed by atoms with E-state index in [9.17, 15) is 14.9 Å². The Morgan fingerprint density at radius 1 is 1.19 bits per heavy atom. The fourth-order valence-corrected chi connectivity index (χ4v) is 2.73. The van der Waals surface area contributed by atoms with Gasteiger partial charge in [0.1, 0.15) is 0 Å². The summed E-state index contributed by atoms with van der Waals surface area (Å²) in [7, 11) is 3.49. The normalized spacial score (nSPS) is 15.1. The second-order valence-corrected chi connectivity index (χ2v) is 6.25. The van der Waals surface area contributed by atoms with E-state index in [-0.39, 0.29) is 11.7 Å². The molecule has 0 N–H and O–H groups in total. The van der Waals surface area contributed by atoms with Gasteiger partial charge in [0.2, 0.25) is 11.8 Å². The summed E-state index contributed by atoms with van der Waals surface area (Å²) >= 11 is 0. The monoisotopic (exact) mass is 360 g/mol. The summed E-state index contributed by atoms with van der Waals surface area (Å²) in [4.78, 5) is 27.7. The molecule has 2 aromatic rings. The van der Waals surface area contributed by atoms with Gasteiger partial charge in [0.15, 0.2) is 0 Å². The van der Waals surface area contributed by atoms with E-state index in [4.69, 9.17) is 4.42 Å². The first-order valence-corrected chi connectivity index (χ1v) is 8.20. The van der Waals surface area contributed by atoms with Crippen molar-refractivity contribution in [3.05, 3.63) is 40.3 Å². The molecule has 1 aromatic heterocycles. The minimum absolute atomic E-state index is 0.0126. The second-order valence-electron chi connectivity index (χ2n) is 6.25. The summed E-state index contributed by atoms with van der Waals surface area (Å²) in [6, 6.07) is 5.99. The maximum Gasteiger partial charge on any atom is 0.319 e. The number of piperazine rings is 1. The zero-order valence-electron chi connectivity index (χ0n) is 14.7. The number of nitro groups is 1. The third kappa shape index (κ3) is 3.97. The molecule has 1 aliphatic rings. The van der Waals surface area contributed by atoms with Crippen molar-refractivity contribution in [3.8, 4) is 11.5 Å². The number of amides is 2. The lowest BCUT2D eigenvalue weighted by Crippen LogP contribution is -2.51. The number of nitrogens with zero attached hydrogens (tertiary/aromatic N) is 6. The number of nitro benzene ring substituents is 1. The molecule has 1 fully saturated rings. The number of carbonyl (C=O) groups excluding carboxylic acids is 1. The van der Waals surface area contributed by atoms with Crippen LogP contribution in [0.5, 0.6) is 0 Å². The van der Waals surface area contributed by atoms with Gasteiger partial charge in [-0.3, -0.25) is 15.0 Å². The summed E-state index contributed by atoms with van der Waals surface area (Å²) in [5, 5.41) is 18.8. The van der Waals surface area contributed by atoms with Gasteiger partial charge in [0.05, 0.1) is 11.5 Å². The Balaban J connectivity index is 1.57. The highest BCUT2D eigenvalue weighted by atomic mass is 16.6. The van der Waals surface area contributed by atoms with Gasteiger partial charge in [-0.15, -0.1) is 10.2 Å². The topological polar surface area (TPSA) is 109 Å². The molecule has 138 valence electrons. The minimum atomic E-state index is -0.455. The Morgan fingerprint density at radius 3 is 2.42 bits per heavy atom. The number of hydrogen-bond acceptors (Lipinski definition) is 7. The summed E-state index contributed by atoms with van der Waals surface area (Å²) < 4.78 is 5.66. The molecule has 0 spiro atoms. The molecular weight excluding hydrogens is 340 g/mol. The molecule has 3 rings (SSSR count). The van der Waals surface area contributed by atoms with Crippen LogP contribution in [0.3, 0.4) is 0 Å². The van der Waals surface area contributed by atoms with Crippen molar-refractivity contribution in [2.75, 3.05) is 40.3 Å². The van der Waals surface area contributed by atoms with Gasteiger partial charge in [-0.1, -0.05) is 0 Å². The predicted molar refractivity (Wildman–Crippen MR) is 92.3 cm³/mol. The van der Waals surface area contributed by atoms with Crippen LogP contribution in [-0.4, -0.2) is 76.1 Å². The average Bonchev–Trinajstić information content (AvgIpc) is 3.10. The van der Waals surface area contributed by atoms with Crippen LogP contribution in [-0.2, 0) is 6.54 Å². The van der Waals surface area contributed by atoms with Crippen LogP contribution >= 0.6 is 0 Å². The van der Waals surface area contributed by atoms with Gasteiger partial charge < -0.3 is 14.2 Å². The molecule has 0 aliphatic carbocycles. The number of aromatic nitrogens is 2. The van der Waals surface area contributed by atoms with E-state index < -0.39 is 4.92 Å². The Morgan fingerprint density at radius 2 is 1.85 bits per heavy atom. The third-order valence-electron chi connectivity index (χ3n) is 4.18. The first-order valence-electron chi connectivity index (χ1n) is 8.20. The number of rotatable bonds is 4. The minimum Gasteiger partial charge on any atom is -0.419 e. The summed E-state index contributed by atoms with van der Waals surface area (Å²) in [5.41, 5.74) is 0.648. The van der Waals surface area contributed by atoms with E-state index >= 15 is 0 Å². The van der Waals surface area contributed by atoms with E-state index in [0.717, 1.165) is 13.1 Å². The van der Waals surface area contributed by atoms with Crippen LogP contribution in [0.15, 0.2) is 28.7 Å². The SMILES string of the molecule is CN(C)C(=O)N1CCN(Cc2nnc(-c3ccc([N+](=O)[O-])cc3)o2)CC1. The van der Waals surface area contributed by atoms with Crippen molar-refractivity contribution < 1.29 is 14.1 Å². The Labute approximate surface area is 150 Å². The molecule has 2 amide bonds. The molecule has 1 aromatic carbocycles. The van der Waals surface area contributed by atoms with Crippen LogP contribution in [0.25, 0.3) is 11.5 Å². The number of carbonyl (C=O) groups is 1. The van der Waals surface area contributed by atoms with Gasteiger partial charge in [0.25, 0.3) is 5.69 Å². The fourth-order valence-electron chi connectivity index (χ4n) is 2.73. The zero-order valence-corrected chi connectivity index (χ0v) is 14.7. The smallest absolute Gasteiger partial charge is 0.319 e. The average molecular weight is 360 g/mol. The van der Waals surface area contributed by atoms with Crippen LogP contribution in [0.4, 0.5) is 10.5 Å². The molecule has 0 unspecified atom stereocenters. The van der Waals surface area contributed by atoms with Gasteiger partial charge in [-0.05, 0) is 12.1 Å². The quantitative estimate of drug-likeness (QED) is 0.599. The third-order valence-corrected chi connectivity index (χ3v) is 4.18. The molecule has 26 heavy (non-hydrogen) atoms. The number of benzene rings is 1. The van der Waals surface area contributed by atoms with Crippen molar-refractivity contribution in [3.63, 3.8) is 0 Å². The lowest BCUT2D eigenvalue weighted by atomic mass is 10.2. The van der Waals surface area contributed by atoms with Crippen molar-refractivity contribution >= 4 is 11.7 Å². The summed E-state index contributed by atoms with van der Waals surface area (Å²) in [5.74, 6) is 0.807. The highest BCUT2D eigenvalue weighted by Gasteiger charge is 2.23. The number of hydrogen-bond donors (Lipinski definition) is 0. The van der Waals surface area contributed by atoms with Gasteiger partial charge in [-0.25, -0.2) is 4.79 Å². The first-order chi connectivity index (χ1) is 12.4. The van der Waals surface area contributed by atoms with Crippen molar-refractivity contribution in [2.45, 2.75) is 6.54 Å². The summed E-state index contributed by atoms with van der Waals surface area (Å²) in [6.07, 6.45) is 0. The standard InChI is InChI=1S/C16H20N6O4/c1-19(2)16(23)21-9-7-20(8-10-21)11-14-17-18-15(26-14)12-3-5-13(6-4-12)22(24)25/h3-6H,7-11H2,1-2H3. The lowest BCUT2D eigenvalue weighted by Gasteiger charge is -2.35. The zero-order chi connectivity index (χ0) is 18.7. The molecule has 1 aliphatic heterocycles. The summed E-state index contributed by atoms with van der Waals surface area (Å²) in [6.45, 7) is 3.27. The molecule has 0 radical (unpaired) electrons. The molecule has 0 bridgehead atoms. The number of urea groups is 1. The van der Waals surface area contributed by atoms with E-state index in [1.807, 2.05) is 4.90 Å². The van der Waals surface area contributed by atoms with Crippen LogP contribution < -0.4 is 0 Å². The van der Waals surface area contributed by atoms with E-state index in [1.165, 1.54) is 12.1 Å². The molecule has 0 saturated carbocycles. The highest BCUT2D eigenvalue weighted by Crippen LogP contribution is 2.21. The van der Waals surface area contributed by atoms with Gasteiger partial charge in [0, 0.05) is 58.0 Å². The van der Waals surface area contributed by atoms with E-state index in [1.54, 1.807) is 31.1 Å². The van der Waals surface area contributed by atoms with Crippen molar-refractivity contribution in [1.82, 2.24) is 24.9 Å². The molecule has 10 nitrogen and oxygen atoms in total. The van der Waals surface area contributed by atoms with Crippen molar-refractivity contribution in [2.24, 2.45) is 0 Å². The Bertz CT molecular complexity index is 780. The van der Waals surface area contributed by atoms with Gasteiger partial charge in [-0.2, -0.15) is 0 Å². The van der Waals surface area contributed by atoms with E-state index in [2.05, 4.69) is 15.1 Å². The van der Waals surface area contributed by atoms with Crippen molar-refractivity contribution in [1.29, 1.82) is 0 Å². The maximum absolute atomic E-state index is 11.9. The second kappa shape index (κ2) is 7.48. The van der Waals surface area contributed by atoms with Crippen LogP contribution in [0.2, 0.25) is 0 Å². The Hall–Kier alpha value is -3.01. The lowest BCUT2D eigenvalue weighted by molar-refractivity contribution is -0.384. The predicted octanol–water partition coefficient (Wildman–Crippen LogP) is 1.44. The van der Waals surface area contributed by atoms with Crippen LogP contribution in [0.1, 0.15) is 5.89 Å². The number of non-ortho nitro benzene ring substituents is 1. The highest BCUT2D eigenvalue weighted by molar-refractivity contribution is 5.73. The van der Waals surface area contributed by atoms with Gasteiger partial charge >= 0.3 is 6.03 Å². The van der Waals surface area contributed by atoms with Crippen LogP contribution in [0, 0.1) is 10.1 Å². The Kier molecular flexibility index (Phi) is 5.12. The molecular formula is C16H20N6O4. The molecule has 0 atom stereocenters. The largest absolute Gasteiger partial charge is 0.419 e. The molecule has 2 heterocycles. The maximum atomic E-state index is 11.9. The van der Waals surface area contributed by atoms with E-state index in [0.29, 0.717) is 37.0 Å².